The van der Waals surface area contributed by atoms with Crippen LogP contribution in [0.1, 0.15) is 30.2 Å². The van der Waals surface area contributed by atoms with E-state index in [1.54, 1.807) is 0 Å². The summed E-state index contributed by atoms with van der Waals surface area (Å²) in [6, 6.07) is 1.28. The maximum atomic E-state index is 11.6. The van der Waals surface area contributed by atoms with Crippen molar-refractivity contribution in [3.05, 3.63) is 28.3 Å². The molecule has 0 unspecified atom stereocenters. The van der Waals surface area contributed by atoms with E-state index in [2.05, 4.69) is 15.2 Å². The lowest BCUT2D eigenvalue weighted by molar-refractivity contribution is 0.0697. The van der Waals surface area contributed by atoms with Gasteiger partial charge in [0.05, 0.1) is 17.4 Å². The highest BCUT2D eigenvalue weighted by Gasteiger charge is 2.15. The summed E-state index contributed by atoms with van der Waals surface area (Å²) in [6.07, 6.45) is 1.27. The lowest BCUT2D eigenvalue weighted by Gasteiger charge is -2.08. The van der Waals surface area contributed by atoms with Crippen LogP contribution in [-0.2, 0) is 0 Å². The van der Waals surface area contributed by atoms with Crippen LogP contribution in [0, 0.1) is 0 Å². The van der Waals surface area contributed by atoms with Crippen molar-refractivity contribution in [3.8, 4) is 0 Å². The first-order valence-electron chi connectivity index (χ1n) is 5.73. The second-order valence-electron chi connectivity index (χ2n) is 4.29. The van der Waals surface area contributed by atoms with Gasteiger partial charge in [-0.05, 0) is 31.7 Å². The second kappa shape index (κ2) is 5.37. The number of aromatic nitrogens is 4. The van der Waals surface area contributed by atoms with Gasteiger partial charge < -0.3 is 10.8 Å². The number of carboxylic acid groups (broad SMARTS) is 1. The van der Waals surface area contributed by atoms with Crippen LogP contribution in [0.25, 0.3) is 0 Å². The fourth-order valence-corrected chi connectivity index (χ4v) is 2.55. The largest absolute Gasteiger partial charge is 0.478 e. The number of H-pyrrole nitrogens is 1. The molecule has 0 fully saturated rings. The molecule has 0 aliphatic rings. The molecule has 2 rings (SSSR count). The number of hydrogen-bond acceptors (Lipinski definition) is 6. The van der Waals surface area contributed by atoms with E-state index in [1.807, 2.05) is 13.8 Å². The molecule has 0 atom stereocenters. The molecule has 0 radical (unpaired) electrons. The Labute approximate surface area is 118 Å². The molecule has 2 aromatic heterocycles. The minimum Gasteiger partial charge on any atom is -0.478 e. The lowest BCUT2D eigenvalue weighted by atomic mass is 10.2. The maximum absolute atomic E-state index is 11.6. The van der Waals surface area contributed by atoms with Crippen molar-refractivity contribution in [3.63, 3.8) is 0 Å². The molecule has 0 bridgehead atoms. The van der Waals surface area contributed by atoms with E-state index >= 15 is 0 Å². The predicted octanol–water partition coefficient (Wildman–Crippen LogP) is 0.979. The van der Waals surface area contributed by atoms with Crippen LogP contribution in [0.4, 0.5) is 5.69 Å². The fourth-order valence-electron chi connectivity index (χ4n) is 1.60. The van der Waals surface area contributed by atoms with Gasteiger partial charge in [0.15, 0.2) is 5.16 Å². The fraction of sp³-hybridized carbons (Fsp3) is 0.273. The molecule has 0 amide bonds. The summed E-state index contributed by atoms with van der Waals surface area (Å²) in [4.78, 5) is 26.6. The third-order valence-corrected chi connectivity index (χ3v) is 3.43. The number of pyridine rings is 1. The van der Waals surface area contributed by atoms with Crippen molar-refractivity contribution in [2.75, 3.05) is 5.73 Å². The zero-order valence-electron chi connectivity index (χ0n) is 10.8. The molecular formula is C11H13N5O3S. The Kier molecular flexibility index (Phi) is 3.79. The number of nitrogens with zero attached hydrogens (tertiary/aromatic N) is 3. The highest BCUT2D eigenvalue weighted by Crippen LogP contribution is 2.26. The van der Waals surface area contributed by atoms with Crippen LogP contribution in [-0.4, -0.2) is 30.8 Å². The van der Waals surface area contributed by atoms with Gasteiger partial charge in [-0.25, -0.2) is 19.7 Å². The molecule has 0 aliphatic carbocycles. The van der Waals surface area contributed by atoms with Gasteiger partial charge in [0.1, 0.15) is 5.03 Å². The summed E-state index contributed by atoms with van der Waals surface area (Å²) in [5, 5.41) is 16.1. The van der Waals surface area contributed by atoms with E-state index in [0.29, 0.717) is 10.2 Å². The average Bonchev–Trinajstić information content (AvgIpc) is 2.72. The van der Waals surface area contributed by atoms with Gasteiger partial charge in [-0.1, -0.05) is 0 Å². The van der Waals surface area contributed by atoms with E-state index in [4.69, 9.17) is 10.8 Å². The molecular weight excluding hydrogens is 282 g/mol. The smallest absolute Gasteiger partial charge is 0.344 e. The SMILES string of the molecule is CC(C)n1c(Sc2cc(C(=O)O)c(N)cn2)n[nH]c1=O. The predicted molar refractivity (Wildman–Crippen MR) is 73.0 cm³/mol. The van der Waals surface area contributed by atoms with Crippen LogP contribution in [0.3, 0.4) is 0 Å². The first-order valence-corrected chi connectivity index (χ1v) is 6.55. The first kappa shape index (κ1) is 14.1. The van der Waals surface area contributed by atoms with Gasteiger partial charge >= 0.3 is 11.7 Å². The lowest BCUT2D eigenvalue weighted by Crippen LogP contribution is -2.19. The molecule has 2 aromatic rings. The molecule has 2 heterocycles. The van der Waals surface area contributed by atoms with Gasteiger partial charge in [0.2, 0.25) is 0 Å². The third-order valence-electron chi connectivity index (χ3n) is 2.52. The van der Waals surface area contributed by atoms with Crippen LogP contribution >= 0.6 is 11.8 Å². The van der Waals surface area contributed by atoms with Gasteiger partial charge in [0.25, 0.3) is 0 Å². The molecule has 0 saturated carbocycles. The summed E-state index contributed by atoms with van der Waals surface area (Å²) in [7, 11) is 0. The summed E-state index contributed by atoms with van der Waals surface area (Å²) in [5.74, 6) is -1.13. The van der Waals surface area contributed by atoms with E-state index in [1.165, 1.54) is 16.8 Å². The average molecular weight is 295 g/mol. The van der Waals surface area contributed by atoms with Crippen molar-refractivity contribution >= 4 is 23.4 Å². The van der Waals surface area contributed by atoms with Crippen LogP contribution in [0.5, 0.6) is 0 Å². The number of nitrogens with one attached hydrogen (secondary N) is 1. The Morgan fingerprint density at radius 2 is 2.25 bits per heavy atom. The van der Waals surface area contributed by atoms with E-state index < -0.39 is 5.97 Å². The Hall–Kier alpha value is -2.29. The van der Waals surface area contributed by atoms with E-state index in [9.17, 15) is 9.59 Å². The Morgan fingerprint density at radius 1 is 1.55 bits per heavy atom. The molecule has 0 saturated heterocycles. The highest BCUT2D eigenvalue weighted by atomic mass is 32.2. The van der Waals surface area contributed by atoms with E-state index in [-0.39, 0.29) is 23.0 Å². The molecule has 9 heteroatoms. The molecule has 0 spiro atoms. The zero-order chi connectivity index (χ0) is 14.9. The summed E-state index contributed by atoms with van der Waals surface area (Å²) in [6.45, 7) is 3.69. The molecule has 0 aromatic carbocycles. The van der Waals surface area contributed by atoms with Crippen molar-refractivity contribution in [2.24, 2.45) is 0 Å². The normalized spacial score (nSPS) is 10.9. The molecule has 0 aliphatic heterocycles. The number of rotatable bonds is 4. The number of aromatic amines is 1. The molecule has 106 valence electrons. The molecule has 4 N–H and O–H groups in total. The van der Waals surface area contributed by atoms with Crippen LogP contribution < -0.4 is 11.4 Å². The topological polar surface area (TPSA) is 127 Å². The van der Waals surface area contributed by atoms with Crippen LogP contribution in [0.2, 0.25) is 0 Å². The Bertz CT molecular complexity index is 706. The van der Waals surface area contributed by atoms with Crippen molar-refractivity contribution < 1.29 is 9.90 Å². The molecule has 20 heavy (non-hydrogen) atoms. The first-order chi connectivity index (χ1) is 9.40. The Balaban J connectivity index is 2.38. The number of nitrogen functional groups attached to an aromatic ring is 1. The Morgan fingerprint density at radius 3 is 2.85 bits per heavy atom. The molecule has 8 nitrogen and oxygen atoms in total. The number of nitrogens with two attached hydrogens (primary N) is 1. The maximum Gasteiger partial charge on any atom is 0.344 e. The number of aromatic carboxylic acids is 1. The highest BCUT2D eigenvalue weighted by molar-refractivity contribution is 7.99. The summed E-state index contributed by atoms with van der Waals surface area (Å²) in [5.41, 5.74) is 5.27. The number of hydrogen-bond donors (Lipinski definition) is 3. The van der Waals surface area contributed by atoms with Crippen molar-refractivity contribution in [2.45, 2.75) is 30.1 Å². The number of carboxylic acids is 1. The number of anilines is 1. The number of carbonyl (C=O) groups is 1. The second-order valence-corrected chi connectivity index (χ2v) is 5.28. The van der Waals surface area contributed by atoms with Crippen molar-refractivity contribution in [1.82, 2.24) is 19.7 Å². The third kappa shape index (κ3) is 2.67. The summed E-state index contributed by atoms with van der Waals surface area (Å²) < 4.78 is 1.46. The minimum absolute atomic E-state index is 0.0310. The van der Waals surface area contributed by atoms with Gasteiger partial charge in [-0.3, -0.25) is 4.57 Å². The standard InChI is InChI=1S/C11H13N5O3S/c1-5(2)16-10(19)14-15-11(16)20-8-3-6(9(17)18)7(12)4-13-8/h3-5H,12H2,1-2H3,(H,14,19)(H,17,18). The van der Waals surface area contributed by atoms with Gasteiger partial charge in [-0.2, -0.15) is 0 Å². The quantitative estimate of drug-likeness (QED) is 0.767. The van der Waals surface area contributed by atoms with Crippen molar-refractivity contribution in [1.29, 1.82) is 0 Å². The minimum atomic E-state index is -1.13. The zero-order valence-corrected chi connectivity index (χ0v) is 11.6. The van der Waals surface area contributed by atoms with Crippen LogP contribution in [0.15, 0.2) is 27.2 Å². The monoisotopic (exact) mass is 295 g/mol. The van der Waals surface area contributed by atoms with Gasteiger partial charge in [0, 0.05) is 6.04 Å². The summed E-state index contributed by atoms with van der Waals surface area (Å²) >= 11 is 1.09. The van der Waals surface area contributed by atoms with Gasteiger partial charge in [-0.15, -0.1) is 5.10 Å². The van der Waals surface area contributed by atoms with E-state index in [0.717, 1.165) is 11.8 Å².